The minimum absolute atomic E-state index is 0.0572. The lowest BCUT2D eigenvalue weighted by molar-refractivity contribution is -0.142. The van der Waals surface area contributed by atoms with Gasteiger partial charge in [-0.15, -0.1) is 5.10 Å². The summed E-state index contributed by atoms with van der Waals surface area (Å²) in [6.07, 6.45) is 0.0572. The number of benzene rings is 1. The highest BCUT2D eigenvalue weighted by Crippen LogP contribution is 2.23. The van der Waals surface area contributed by atoms with Gasteiger partial charge in [0.25, 0.3) is 0 Å². The predicted molar refractivity (Wildman–Crippen MR) is 61.5 cm³/mol. The van der Waals surface area contributed by atoms with Crippen LogP contribution in [0.5, 0.6) is 5.88 Å². The Hall–Kier alpha value is -2.17. The molecule has 0 aliphatic carbocycles. The lowest BCUT2D eigenvalue weighted by atomic mass is 10.1. The number of aromatic hydroxyl groups is 1. The van der Waals surface area contributed by atoms with Crippen molar-refractivity contribution >= 4 is 16.7 Å². The Morgan fingerprint density at radius 1 is 1.29 bits per heavy atom. The first-order chi connectivity index (χ1) is 8.22. The number of nitrogens with zero attached hydrogens (tertiary/aromatic N) is 2. The molecule has 1 N–H and O–H groups in total. The van der Waals surface area contributed by atoms with Gasteiger partial charge in [-0.2, -0.15) is 5.10 Å². The summed E-state index contributed by atoms with van der Waals surface area (Å²) in [5.74, 6) is -0.481. The van der Waals surface area contributed by atoms with Crippen LogP contribution in [-0.4, -0.2) is 27.9 Å². The summed E-state index contributed by atoms with van der Waals surface area (Å²) in [5.41, 5.74) is 0.511. The van der Waals surface area contributed by atoms with Gasteiger partial charge < -0.3 is 9.84 Å². The largest absolute Gasteiger partial charge is 0.492 e. The van der Waals surface area contributed by atoms with E-state index in [4.69, 9.17) is 4.74 Å². The van der Waals surface area contributed by atoms with Crippen LogP contribution in [0.4, 0.5) is 0 Å². The Balaban J connectivity index is 2.41. The normalized spacial score (nSPS) is 10.4. The Kier molecular flexibility index (Phi) is 3.18. The van der Waals surface area contributed by atoms with Gasteiger partial charge in [-0.3, -0.25) is 4.79 Å². The van der Waals surface area contributed by atoms with Gasteiger partial charge in [0.15, 0.2) is 0 Å². The molecular formula is C12H12N2O3. The zero-order chi connectivity index (χ0) is 12.3. The summed E-state index contributed by atoms with van der Waals surface area (Å²) >= 11 is 0. The summed E-state index contributed by atoms with van der Waals surface area (Å²) < 4.78 is 4.86. The Labute approximate surface area is 98.0 Å². The van der Waals surface area contributed by atoms with Gasteiger partial charge >= 0.3 is 5.97 Å². The van der Waals surface area contributed by atoms with Crippen molar-refractivity contribution in [2.24, 2.45) is 0 Å². The lowest BCUT2D eigenvalue weighted by Crippen LogP contribution is -2.09. The molecule has 0 fully saturated rings. The third-order valence-corrected chi connectivity index (χ3v) is 2.36. The van der Waals surface area contributed by atoms with Crippen molar-refractivity contribution in [1.82, 2.24) is 10.2 Å². The van der Waals surface area contributed by atoms with E-state index in [1.54, 1.807) is 25.1 Å². The van der Waals surface area contributed by atoms with Crippen LogP contribution in [0.25, 0.3) is 10.8 Å². The first-order valence-corrected chi connectivity index (χ1v) is 5.31. The first-order valence-electron chi connectivity index (χ1n) is 5.31. The highest BCUT2D eigenvalue weighted by atomic mass is 16.5. The number of hydrogen-bond donors (Lipinski definition) is 1. The van der Waals surface area contributed by atoms with Crippen LogP contribution >= 0.6 is 0 Å². The van der Waals surface area contributed by atoms with Crippen LogP contribution < -0.4 is 0 Å². The standard InChI is InChI=1S/C12H12N2O3/c1-2-17-11(15)7-10-8-5-3-4-6-9(8)12(16)14-13-10/h3-6H,2,7H2,1H3,(H,14,16). The van der Waals surface area contributed by atoms with Crippen molar-refractivity contribution in [2.45, 2.75) is 13.3 Å². The summed E-state index contributed by atoms with van der Waals surface area (Å²) in [7, 11) is 0. The van der Waals surface area contributed by atoms with E-state index in [-0.39, 0.29) is 18.3 Å². The highest BCUT2D eigenvalue weighted by Gasteiger charge is 2.12. The molecular weight excluding hydrogens is 220 g/mol. The van der Waals surface area contributed by atoms with E-state index in [9.17, 15) is 9.90 Å². The number of fused-ring (bicyclic) bond motifs is 1. The van der Waals surface area contributed by atoms with Crippen LogP contribution in [0, 0.1) is 0 Å². The molecule has 0 unspecified atom stereocenters. The fourth-order valence-corrected chi connectivity index (χ4v) is 1.62. The predicted octanol–water partition coefficient (Wildman–Crippen LogP) is 1.44. The molecule has 1 aromatic heterocycles. The van der Waals surface area contributed by atoms with Crippen LogP contribution in [0.2, 0.25) is 0 Å². The van der Waals surface area contributed by atoms with E-state index in [1.807, 2.05) is 6.07 Å². The number of carbonyl (C=O) groups excluding carboxylic acids is 1. The van der Waals surface area contributed by atoms with Crippen LogP contribution in [0.1, 0.15) is 12.6 Å². The topological polar surface area (TPSA) is 72.3 Å². The molecule has 0 aliphatic rings. The molecule has 0 amide bonds. The fraction of sp³-hybridized carbons (Fsp3) is 0.250. The molecule has 5 heteroatoms. The van der Waals surface area contributed by atoms with Crippen molar-refractivity contribution in [3.63, 3.8) is 0 Å². The number of carbonyl (C=O) groups is 1. The third-order valence-electron chi connectivity index (χ3n) is 2.36. The van der Waals surface area contributed by atoms with Gasteiger partial charge in [0.05, 0.1) is 18.7 Å². The maximum absolute atomic E-state index is 11.4. The number of rotatable bonds is 3. The van der Waals surface area contributed by atoms with Gasteiger partial charge in [0.1, 0.15) is 0 Å². The maximum Gasteiger partial charge on any atom is 0.311 e. The van der Waals surface area contributed by atoms with Crippen molar-refractivity contribution in [1.29, 1.82) is 0 Å². The van der Waals surface area contributed by atoms with Gasteiger partial charge in [0.2, 0.25) is 5.88 Å². The fourth-order valence-electron chi connectivity index (χ4n) is 1.62. The number of hydrogen-bond acceptors (Lipinski definition) is 5. The van der Waals surface area contributed by atoms with E-state index in [0.29, 0.717) is 23.1 Å². The van der Waals surface area contributed by atoms with Crippen molar-refractivity contribution in [3.05, 3.63) is 30.0 Å². The van der Waals surface area contributed by atoms with Crippen LogP contribution in [0.15, 0.2) is 24.3 Å². The number of ether oxygens (including phenoxy) is 1. The molecule has 17 heavy (non-hydrogen) atoms. The molecule has 5 nitrogen and oxygen atoms in total. The third kappa shape index (κ3) is 2.33. The average Bonchev–Trinajstić information content (AvgIpc) is 2.34. The quantitative estimate of drug-likeness (QED) is 0.811. The molecule has 2 rings (SSSR count). The Morgan fingerprint density at radius 3 is 2.71 bits per heavy atom. The number of esters is 1. The smallest absolute Gasteiger partial charge is 0.311 e. The molecule has 1 heterocycles. The van der Waals surface area contributed by atoms with Crippen LogP contribution in [0.3, 0.4) is 0 Å². The van der Waals surface area contributed by atoms with Gasteiger partial charge in [-0.1, -0.05) is 18.2 Å². The first kappa shape index (κ1) is 11.3. The van der Waals surface area contributed by atoms with Crippen LogP contribution in [-0.2, 0) is 16.0 Å². The average molecular weight is 232 g/mol. The Morgan fingerprint density at radius 2 is 2.00 bits per heavy atom. The SMILES string of the molecule is CCOC(=O)Cc1nnc(O)c2ccccc12. The van der Waals surface area contributed by atoms with E-state index >= 15 is 0 Å². The van der Waals surface area contributed by atoms with Crippen molar-refractivity contribution in [2.75, 3.05) is 6.61 Å². The summed E-state index contributed by atoms with van der Waals surface area (Å²) in [6.45, 7) is 2.08. The van der Waals surface area contributed by atoms with E-state index in [0.717, 1.165) is 0 Å². The Bertz CT molecular complexity index is 554. The minimum atomic E-state index is -0.349. The minimum Gasteiger partial charge on any atom is -0.492 e. The molecule has 2 aromatic rings. The molecule has 0 saturated carbocycles. The monoisotopic (exact) mass is 232 g/mol. The molecule has 0 bridgehead atoms. The highest BCUT2D eigenvalue weighted by molar-refractivity contribution is 5.90. The summed E-state index contributed by atoms with van der Waals surface area (Å²) in [6, 6.07) is 7.13. The van der Waals surface area contributed by atoms with Crippen molar-refractivity contribution < 1.29 is 14.6 Å². The zero-order valence-electron chi connectivity index (χ0n) is 9.38. The number of aromatic nitrogens is 2. The van der Waals surface area contributed by atoms with Gasteiger partial charge in [0, 0.05) is 10.8 Å². The lowest BCUT2D eigenvalue weighted by Gasteiger charge is -2.05. The summed E-state index contributed by atoms with van der Waals surface area (Å²) in [5, 5.41) is 18.3. The maximum atomic E-state index is 11.4. The molecule has 0 atom stereocenters. The van der Waals surface area contributed by atoms with Gasteiger partial charge in [-0.05, 0) is 13.0 Å². The van der Waals surface area contributed by atoms with E-state index < -0.39 is 0 Å². The second-order valence-electron chi connectivity index (χ2n) is 3.50. The zero-order valence-corrected chi connectivity index (χ0v) is 9.38. The second kappa shape index (κ2) is 4.78. The molecule has 0 aliphatic heterocycles. The van der Waals surface area contributed by atoms with E-state index in [2.05, 4.69) is 10.2 Å². The molecule has 0 spiro atoms. The second-order valence-corrected chi connectivity index (χ2v) is 3.50. The molecule has 1 aromatic carbocycles. The summed E-state index contributed by atoms with van der Waals surface area (Å²) in [4.78, 5) is 11.4. The van der Waals surface area contributed by atoms with Crippen molar-refractivity contribution in [3.8, 4) is 5.88 Å². The van der Waals surface area contributed by atoms with Gasteiger partial charge in [-0.25, -0.2) is 0 Å². The molecule has 0 radical (unpaired) electrons. The van der Waals surface area contributed by atoms with E-state index in [1.165, 1.54) is 0 Å². The molecule has 0 saturated heterocycles. The molecule has 88 valence electrons.